The summed E-state index contributed by atoms with van der Waals surface area (Å²) in [5.41, 5.74) is 1.58. The summed E-state index contributed by atoms with van der Waals surface area (Å²) in [5.74, 6) is -0.962. The molecule has 0 aliphatic heterocycles. The second-order valence-corrected chi connectivity index (χ2v) is 4.03. The third kappa shape index (κ3) is 1.69. The van der Waals surface area contributed by atoms with Gasteiger partial charge in [0.05, 0.1) is 5.39 Å². The summed E-state index contributed by atoms with van der Waals surface area (Å²) in [4.78, 5) is 27.8. The zero-order valence-corrected chi connectivity index (χ0v) is 9.77. The average molecular weight is 234 g/mol. The molecule has 0 atom stereocenters. The van der Waals surface area contributed by atoms with E-state index < -0.39 is 11.4 Å². The number of carboxylic acids is 1. The second kappa shape index (κ2) is 3.69. The highest BCUT2D eigenvalue weighted by molar-refractivity contribution is 5.91. The lowest BCUT2D eigenvalue weighted by Gasteiger charge is -2.08. The molecule has 0 saturated heterocycles. The Hall–Kier alpha value is -2.17. The number of nitrogens with zero attached hydrogens (tertiary/aromatic N) is 2. The van der Waals surface area contributed by atoms with Gasteiger partial charge in [-0.2, -0.15) is 0 Å². The van der Waals surface area contributed by atoms with Crippen LogP contribution in [0.5, 0.6) is 0 Å². The van der Waals surface area contributed by atoms with Gasteiger partial charge in [-0.3, -0.25) is 4.79 Å². The lowest BCUT2D eigenvalue weighted by atomic mass is 10.1. The van der Waals surface area contributed by atoms with Gasteiger partial charge in [-0.15, -0.1) is 0 Å². The van der Waals surface area contributed by atoms with E-state index in [0.717, 1.165) is 11.3 Å². The number of carbonyl (C=O) groups is 1. The van der Waals surface area contributed by atoms with Gasteiger partial charge in [-0.05, 0) is 25.5 Å². The molecular weight excluding hydrogens is 220 g/mol. The molecule has 0 radical (unpaired) electrons. The number of rotatable bonds is 1. The minimum atomic E-state index is -0.962. The molecule has 0 bridgehead atoms. The van der Waals surface area contributed by atoms with Gasteiger partial charge in [0, 0.05) is 18.9 Å². The van der Waals surface area contributed by atoms with Gasteiger partial charge in [0.25, 0.3) is 1.43 Å². The van der Waals surface area contributed by atoms with E-state index in [-0.39, 0.29) is 5.56 Å². The maximum Gasteiger partial charge on any atom is 0.341 e. The maximum atomic E-state index is 12.1. The summed E-state index contributed by atoms with van der Waals surface area (Å²) < 4.78 is 8.16. The average Bonchev–Trinajstić information content (AvgIpc) is 2.35. The van der Waals surface area contributed by atoms with Crippen molar-refractivity contribution in [3.05, 3.63) is 39.3 Å². The van der Waals surface area contributed by atoms with Crippen LogP contribution >= 0.6 is 0 Å². The van der Waals surface area contributed by atoms with Crippen molar-refractivity contribution in [1.29, 1.82) is 1.43 Å². The topological polar surface area (TPSA) is 72.2 Å². The van der Waals surface area contributed by atoms with E-state index in [1.807, 2.05) is 13.8 Å². The van der Waals surface area contributed by atoms with Crippen LogP contribution in [0.3, 0.4) is 0 Å². The molecular formula is C12H12N2O3. The van der Waals surface area contributed by atoms with Gasteiger partial charge in [0.1, 0.15) is 11.2 Å². The number of aryl methyl sites for hydroxylation is 3. The summed E-state index contributed by atoms with van der Waals surface area (Å²) in [6.45, 7) is 3.70. The van der Waals surface area contributed by atoms with Crippen LogP contribution < -0.4 is 5.43 Å². The normalized spacial score (nSPS) is 11.4. The number of fused-ring (bicyclic) bond motifs is 1. The standard InChI is InChI=1S/C12H12N2O3/c1-6-4-8-10(15)9(12(16)17)5-14(3)11(8)13-7(6)2/h4-5H,1-3H3,(H,16,17)/i/hT. The fourth-order valence-electron chi connectivity index (χ4n) is 1.73. The third-order valence-electron chi connectivity index (χ3n) is 2.81. The van der Waals surface area contributed by atoms with Crippen LogP contribution in [0.1, 0.15) is 21.6 Å². The molecule has 0 fully saturated rings. The Morgan fingerprint density at radius 2 is 2.24 bits per heavy atom. The van der Waals surface area contributed by atoms with Gasteiger partial charge >= 0.3 is 5.97 Å². The van der Waals surface area contributed by atoms with E-state index >= 15 is 0 Å². The number of hydrogen-bond donors (Lipinski definition) is 1. The van der Waals surface area contributed by atoms with E-state index in [0.29, 0.717) is 11.0 Å². The molecule has 0 spiro atoms. The summed E-state index contributed by atoms with van der Waals surface area (Å²) >= 11 is 0. The first-order valence-electron chi connectivity index (χ1n) is 5.51. The second-order valence-electron chi connectivity index (χ2n) is 4.03. The van der Waals surface area contributed by atoms with E-state index in [2.05, 4.69) is 10.1 Å². The van der Waals surface area contributed by atoms with Crippen molar-refractivity contribution in [1.82, 2.24) is 9.55 Å². The van der Waals surface area contributed by atoms with E-state index in [1.54, 1.807) is 17.7 Å². The largest absolute Gasteiger partial charge is 0.477 e. The molecule has 0 amide bonds. The lowest BCUT2D eigenvalue weighted by molar-refractivity contribution is 0.0695. The molecule has 2 aromatic heterocycles. The molecule has 5 nitrogen and oxygen atoms in total. The van der Waals surface area contributed by atoms with Crippen molar-refractivity contribution in [3.8, 4) is 0 Å². The van der Waals surface area contributed by atoms with Crippen LogP contribution in [0.2, 0.25) is 0 Å². The molecule has 5 heteroatoms. The van der Waals surface area contributed by atoms with Crippen molar-refractivity contribution in [2.45, 2.75) is 13.8 Å². The fourth-order valence-corrected chi connectivity index (χ4v) is 1.73. The zero-order chi connectivity index (χ0) is 13.4. The fraction of sp³-hybridized carbons (Fsp3) is 0.250. The summed E-state index contributed by atoms with van der Waals surface area (Å²) in [6, 6.07) is 1.70. The molecule has 2 heterocycles. The van der Waals surface area contributed by atoms with Crippen molar-refractivity contribution in [2.75, 3.05) is 0 Å². The van der Waals surface area contributed by atoms with Gasteiger partial charge in [0.15, 0.2) is 0 Å². The molecule has 2 rings (SSSR count). The highest BCUT2D eigenvalue weighted by Gasteiger charge is 2.14. The minimum absolute atomic E-state index is 0.162. The summed E-state index contributed by atoms with van der Waals surface area (Å²) in [6.07, 6.45) is 1.34. The molecule has 0 saturated carbocycles. The van der Waals surface area contributed by atoms with Crippen LogP contribution in [-0.4, -0.2) is 20.6 Å². The van der Waals surface area contributed by atoms with Crippen LogP contribution in [0.15, 0.2) is 17.1 Å². The first-order chi connectivity index (χ1) is 8.45. The van der Waals surface area contributed by atoms with Crippen LogP contribution in [-0.2, 0) is 7.05 Å². The first-order valence-corrected chi connectivity index (χ1v) is 5.10. The molecule has 17 heavy (non-hydrogen) atoms. The van der Waals surface area contributed by atoms with Crippen molar-refractivity contribution in [3.63, 3.8) is 0 Å². The van der Waals surface area contributed by atoms with Crippen molar-refractivity contribution >= 4 is 17.0 Å². The maximum absolute atomic E-state index is 12.1. The van der Waals surface area contributed by atoms with Crippen molar-refractivity contribution < 1.29 is 9.90 Å². The number of hydrogen-bond acceptors (Lipinski definition) is 4. The molecule has 2 aromatic rings. The SMILES string of the molecule is [3H]OC(=O)c1cn(C)c2nc(C)c(C)cc2c1=O. The van der Waals surface area contributed by atoms with Gasteiger partial charge < -0.3 is 9.68 Å². The highest BCUT2D eigenvalue weighted by atomic mass is 16.4. The number of carboxylic acid groups (broad SMARTS) is 1. The molecule has 0 aliphatic carbocycles. The number of pyridine rings is 2. The predicted molar refractivity (Wildman–Crippen MR) is 63.4 cm³/mol. The Morgan fingerprint density at radius 1 is 1.53 bits per heavy atom. The Labute approximate surface area is 98.8 Å². The molecule has 0 aliphatic rings. The molecule has 88 valence electrons. The smallest absolute Gasteiger partial charge is 0.341 e. The Bertz CT molecular complexity index is 707. The molecule has 0 unspecified atom stereocenters. The van der Waals surface area contributed by atoms with Gasteiger partial charge in [-0.1, -0.05) is 0 Å². The Kier molecular flexibility index (Phi) is 2.18. The Morgan fingerprint density at radius 3 is 2.88 bits per heavy atom. The molecule has 0 aromatic carbocycles. The first kappa shape index (κ1) is 10.0. The van der Waals surface area contributed by atoms with Crippen LogP contribution in [0, 0.1) is 13.8 Å². The van der Waals surface area contributed by atoms with Crippen LogP contribution in [0.25, 0.3) is 12.5 Å². The summed E-state index contributed by atoms with van der Waals surface area (Å²) in [5, 5.41) is 4.20. The number of aromatic carboxylic acids is 1. The van der Waals surface area contributed by atoms with Crippen LogP contribution in [0.4, 0.5) is 0 Å². The molecule has 1 N–H and O–H groups in total. The van der Waals surface area contributed by atoms with E-state index in [9.17, 15) is 9.59 Å². The van der Waals surface area contributed by atoms with Gasteiger partial charge in [0.2, 0.25) is 5.43 Å². The monoisotopic (exact) mass is 234 g/mol. The Balaban J connectivity index is 2.90. The van der Waals surface area contributed by atoms with E-state index in [1.165, 1.54) is 6.20 Å². The highest BCUT2D eigenvalue weighted by Crippen LogP contribution is 2.13. The number of aromatic nitrogens is 2. The minimum Gasteiger partial charge on any atom is -0.477 e. The van der Waals surface area contributed by atoms with Gasteiger partial charge in [-0.25, -0.2) is 9.78 Å². The van der Waals surface area contributed by atoms with Crippen molar-refractivity contribution in [2.24, 2.45) is 7.05 Å². The predicted octanol–water partition coefficient (Wildman–Crippen LogP) is 1.25. The lowest BCUT2D eigenvalue weighted by Crippen LogP contribution is -2.18. The third-order valence-corrected chi connectivity index (χ3v) is 2.81. The summed E-state index contributed by atoms with van der Waals surface area (Å²) in [7, 11) is 1.68. The quantitative estimate of drug-likeness (QED) is 0.806. The van der Waals surface area contributed by atoms with E-state index in [4.69, 9.17) is 1.43 Å². The zero-order valence-electron chi connectivity index (χ0n) is 10.8.